The molecule has 0 bridgehead atoms. The summed E-state index contributed by atoms with van der Waals surface area (Å²) < 4.78 is 8.12. The molecule has 0 aliphatic carbocycles. The number of ether oxygens (including phenoxy) is 1. The van der Waals surface area contributed by atoms with Gasteiger partial charge in [-0.2, -0.15) is 5.10 Å². The Morgan fingerprint density at radius 3 is 2.89 bits per heavy atom. The Hall–Kier alpha value is -2.27. The van der Waals surface area contributed by atoms with Crippen LogP contribution in [0, 0.1) is 6.92 Å². The molecule has 0 spiro atoms. The van der Waals surface area contributed by atoms with Crippen LogP contribution in [-0.4, -0.2) is 87.9 Å². The van der Waals surface area contributed by atoms with Crippen molar-refractivity contribution in [2.24, 2.45) is 5.73 Å². The number of hydrogen-bond donors (Lipinski definition) is 2. The van der Waals surface area contributed by atoms with Gasteiger partial charge in [0, 0.05) is 63.1 Å². The van der Waals surface area contributed by atoms with Crippen LogP contribution in [0.25, 0.3) is 5.65 Å². The standard InChI is InChI=1S/C25H38N8O2/c1-17-14-33-23(28-24(17)30-12-8-18(26)15-30)13-20(29-33)21-5-2-3-11-32(21)25(34)22-7-6-19(35-22)16-31-10-4-9-27-31/h13-14,18-19,21-22,27H,2-12,15-16,26H2,1H3/t18-,19?,21-,22?/m0/s1. The summed E-state index contributed by atoms with van der Waals surface area (Å²) in [6.07, 6.45) is 8.79. The minimum Gasteiger partial charge on any atom is -0.364 e. The second-order valence-electron chi connectivity index (χ2n) is 10.7. The molecule has 2 unspecified atom stereocenters. The average Bonchev–Trinajstić information content (AvgIpc) is 3.66. The van der Waals surface area contributed by atoms with E-state index in [1.54, 1.807) is 0 Å². The molecule has 4 saturated heterocycles. The molecular formula is C25H38N8O2. The molecule has 10 nitrogen and oxygen atoms in total. The van der Waals surface area contributed by atoms with Crippen LogP contribution in [0.1, 0.15) is 62.2 Å². The molecule has 6 rings (SSSR count). The van der Waals surface area contributed by atoms with Crippen LogP contribution in [-0.2, 0) is 9.53 Å². The Balaban J connectivity index is 1.18. The summed E-state index contributed by atoms with van der Waals surface area (Å²) in [6.45, 7) is 7.56. The molecule has 4 fully saturated rings. The first-order valence-corrected chi connectivity index (χ1v) is 13.4. The fourth-order valence-corrected chi connectivity index (χ4v) is 6.18. The van der Waals surface area contributed by atoms with E-state index >= 15 is 0 Å². The predicted molar refractivity (Wildman–Crippen MR) is 133 cm³/mol. The van der Waals surface area contributed by atoms with Crippen molar-refractivity contribution in [2.45, 2.75) is 76.2 Å². The van der Waals surface area contributed by atoms with Crippen molar-refractivity contribution in [1.29, 1.82) is 0 Å². The zero-order chi connectivity index (χ0) is 23.9. The molecule has 0 radical (unpaired) electrons. The number of fused-ring (bicyclic) bond motifs is 1. The number of carbonyl (C=O) groups excluding carboxylic acids is 1. The number of nitrogens with zero attached hydrogens (tertiary/aromatic N) is 6. The van der Waals surface area contributed by atoms with E-state index in [2.05, 4.69) is 34.5 Å². The van der Waals surface area contributed by atoms with Gasteiger partial charge >= 0.3 is 0 Å². The lowest BCUT2D eigenvalue weighted by molar-refractivity contribution is -0.147. The number of carbonyl (C=O) groups is 1. The van der Waals surface area contributed by atoms with Gasteiger partial charge in [0.2, 0.25) is 0 Å². The van der Waals surface area contributed by atoms with Crippen LogP contribution in [0.3, 0.4) is 0 Å². The highest BCUT2D eigenvalue weighted by atomic mass is 16.5. The lowest BCUT2D eigenvalue weighted by Crippen LogP contribution is -2.45. The van der Waals surface area contributed by atoms with Crippen LogP contribution in [0.15, 0.2) is 12.3 Å². The molecule has 1 amide bonds. The molecule has 0 saturated carbocycles. The van der Waals surface area contributed by atoms with Gasteiger partial charge in [0.05, 0.1) is 17.8 Å². The number of anilines is 1. The normalized spacial score (nSPS) is 30.1. The number of hydrogen-bond acceptors (Lipinski definition) is 8. The Morgan fingerprint density at radius 2 is 2.09 bits per heavy atom. The number of aryl methyl sites for hydroxylation is 1. The molecular weight excluding hydrogens is 444 g/mol. The molecule has 0 aromatic carbocycles. The van der Waals surface area contributed by atoms with E-state index in [0.29, 0.717) is 0 Å². The number of amides is 1. The van der Waals surface area contributed by atoms with Gasteiger partial charge in [0.1, 0.15) is 11.9 Å². The monoisotopic (exact) mass is 482 g/mol. The molecule has 35 heavy (non-hydrogen) atoms. The summed E-state index contributed by atoms with van der Waals surface area (Å²) in [6, 6.07) is 2.25. The topological polar surface area (TPSA) is 104 Å². The van der Waals surface area contributed by atoms with Gasteiger partial charge in [-0.15, -0.1) is 0 Å². The highest BCUT2D eigenvalue weighted by Crippen LogP contribution is 2.34. The van der Waals surface area contributed by atoms with Crippen molar-refractivity contribution < 1.29 is 9.53 Å². The Kier molecular flexibility index (Phi) is 6.38. The van der Waals surface area contributed by atoms with Crippen molar-refractivity contribution in [3.63, 3.8) is 0 Å². The summed E-state index contributed by atoms with van der Waals surface area (Å²) in [5.74, 6) is 1.12. The van der Waals surface area contributed by atoms with E-state index in [0.717, 1.165) is 101 Å². The van der Waals surface area contributed by atoms with Gasteiger partial charge in [0.15, 0.2) is 5.65 Å². The number of piperidine rings is 1. The first-order chi connectivity index (χ1) is 17.0. The number of hydrazine groups is 1. The first kappa shape index (κ1) is 23.1. The SMILES string of the molecule is Cc1cn2nc([C@@H]3CCCCN3C(=O)C3CCC(CN4CCCN4)O3)cc2nc1N1CC[C@H](N)C1. The highest BCUT2D eigenvalue weighted by molar-refractivity contribution is 5.81. The summed E-state index contributed by atoms with van der Waals surface area (Å²) in [5.41, 5.74) is 12.4. The molecule has 2 aromatic rings. The van der Waals surface area contributed by atoms with E-state index in [1.807, 2.05) is 9.42 Å². The second-order valence-corrected chi connectivity index (χ2v) is 10.7. The highest BCUT2D eigenvalue weighted by Gasteiger charge is 2.39. The number of nitrogens with one attached hydrogen (secondary N) is 1. The lowest BCUT2D eigenvalue weighted by atomic mass is 9.98. The van der Waals surface area contributed by atoms with Crippen molar-refractivity contribution in [2.75, 3.05) is 44.2 Å². The molecule has 4 atom stereocenters. The largest absolute Gasteiger partial charge is 0.364 e. The van der Waals surface area contributed by atoms with Gasteiger partial charge in [-0.05, 0) is 51.9 Å². The maximum atomic E-state index is 13.6. The summed E-state index contributed by atoms with van der Waals surface area (Å²) in [5, 5.41) is 7.12. The number of rotatable bonds is 5. The van der Waals surface area contributed by atoms with E-state index in [9.17, 15) is 4.79 Å². The maximum Gasteiger partial charge on any atom is 0.252 e. The molecule has 4 aliphatic heterocycles. The molecule has 2 aromatic heterocycles. The minimum atomic E-state index is -0.341. The van der Waals surface area contributed by atoms with E-state index < -0.39 is 0 Å². The van der Waals surface area contributed by atoms with Gasteiger partial charge < -0.3 is 20.3 Å². The third-order valence-corrected chi connectivity index (χ3v) is 8.02. The fourth-order valence-electron chi connectivity index (χ4n) is 6.18. The third-order valence-electron chi connectivity index (χ3n) is 8.02. The predicted octanol–water partition coefficient (Wildman–Crippen LogP) is 1.39. The molecule has 4 aliphatic rings. The Morgan fingerprint density at radius 1 is 1.17 bits per heavy atom. The third kappa shape index (κ3) is 4.64. The van der Waals surface area contributed by atoms with Crippen molar-refractivity contribution >= 4 is 17.4 Å². The summed E-state index contributed by atoms with van der Waals surface area (Å²) in [4.78, 5) is 22.8. The van der Waals surface area contributed by atoms with E-state index in [1.165, 1.54) is 6.42 Å². The smallest absolute Gasteiger partial charge is 0.252 e. The molecule has 6 heterocycles. The maximum absolute atomic E-state index is 13.6. The van der Waals surface area contributed by atoms with Gasteiger partial charge in [-0.1, -0.05) is 0 Å². The number of nitrogens with two attached hydrogens (primary N) is 1. The van der Waals surface area contributed by atoms with Gasteiger partial charge in [0.25, 0.3) is 5.91 Å². The summed E-state index contributed by atoms with van der Waals surface area (Å²) >= 11 is 0. The van der Waals surface area contributed by atoms with Crippen molar-refractivity contribution in [1.82, 2.24) is 29.9 Å². The Bertz CT molecular complexity index is 1070. The van der Waals surface area contributed by atoms with Crippen molar-refractivity contribution in [3.8, 4) is 0 Å². The minimum absolute atomic E-state index is 0.0233. The van der Waals surface area contributed by atoms with E-state index in [4.69, 9.17) is 20.6 Å². The number of likely N-dealkylation sites (tertiary alicyclic amines) is 1. The van der Waals surface area contributed by atoms with Gasteiger partial charge in [-0.25, -0.2) is 14.5 Å². The Labute approximate surface area is 206 Å². The lowest BCUT2D eigenvalue weighted by Gasteiger charge is -2.36. The van der Waals surface area contributed by atoms with Gasteiger partial charge in [-0.3, -0.25) is 10.2 Å². The zero-order valence-electron chi connectivity index (χ0n) is 20.7. The van der Waals surface area contributed by atoms with Crippen LogP contribution >= 0.6 is 0 Å². The van der Waals surface area contributed by atoms with Crippen molar-refractivity contribution in [3.05, 3.63) is 23.5 Å². The number of aromatic nitrogens is 3. The fraction of sp³-hybridized carbons (Fsp3) is 0.720. The first-order valence-electron chi connectivity index (χ1n) is 13.4. The van der Waals surface area contributed by atoms with E-state index in [-0.39, 0.29) is 30.2 Å². The second kappa shape index (κ2) is 9.65. The molecule has 190 valence electrons. The molecule has 3 N–H and O–H groups in total. The van der Waals surface area contributed by atoms with Crippen LogP contribution in [0.2, 0.25) is 0 Å². The van der Waals surface area contributed by atoms with Crippen LogP contribution in [0.5, 0.6) is 0 Å². The summed E-state index contributed by atoms with van der Waals surface area (Å²) in [7, 11) is 0. The van der Waals surface area contributed by atoms with Crippen LogP contribution < -0.4 is 16.1 Å². The van der Waals surface area contributed by atoms with Crippen LogP contribution in [0.4, 0.5) is 5.82 Å². The average molecular weight is 483 g/mol. The molecule has 10 heteroatoms. The quantitative estimate of drug-likeness (QED) is 0.659. The zero-order valence-corrected chi connectivity index (χ0v) is 20.7.